The number of aromatic nitrogens is 3. The zero-order valence-electron chi connectivity index (χ0n) is 17.3. The van der Waals surface area contributed by atoms with Crippen LogP contribution in [0.5, 0.6) is 0 Å². The molecule has 1 aromatic carbocycles. The van der Waals surface area contributed by atoms with Gasteiger partial charge in [-0.05, 0) is 42.7 Å². The Kier molecular flexibility index (Phi) is 4.59. The number of fused-ring (bicyclic) bond motifs is 2. The van der Waals surface area contributed by atoms with E-state index in [0.29, 0.717) is 23.7 Å². The number of nitrogens with zero attached hydrogens (tertiary/aromatic N) is 5. The summed E-state index contributed by atoms with van der Waals surface area (Å²) < 4.78 is 0. The molecular formula is C23H24N6O2. The van der Waals surface area contributed by atoms with E-state index < -0.39 is 0 Å². The van der Waals surface area contributed by atoms with Gasteiger partial charge in [-0.2, -0.15) is 0 Å². The zero-order chi connectivity index (χ0) is 21.6. The normalized spacial score (nSPS) is 15.7. The quantitative estimate of drug-likeness (QED) is 0.657. The minimum Gasteiger partial charge on any atom is -0.399 e. The van der Waals surface area contributed by atoms with Gasteiger partial charge in [-0.25, -0.2) is 9.97 Å². The number of nitrogen functional groups attached to an aromatic ring is 1. The fraction of sp³-hybridized carbons (Fsp3) is 0.304. The van der Waals surface area contributed by atoms with Gasteiger partial charge < -0.3 is 20.6 Å². The smallest absolute Gasteiger partial charge is 0.253 e. The van der Waals surface area contributed by atoms with Gasteiger partial charge in [0, 0.05) is 66.6 Å². The highest BCUT2D eigenvalue weighted by atomic mass is 16.3. The van der Waals surface area contributed by atoms with Crippen LogP contribution in [-0.4, -0.2) is 57.6 Å². The number of amides is 1. The van der Waals surface area contributed by atoms with E-state index in [2.05, 4.69) is 25.9 Å². The van der Waals surface area contributed by atoms with Crippen molar-refractivity contribution in [2.24, 2.45) is 0 Å². The van der Waals surface area contributed by atoms with E-state index >= 15 is 0 Å². The molecule has 0 radical (unpaired) electrons. The molecule has 3 N–H and O–H groups in total. The van der Waals surface area contributed by atoms with Crippen LogP contribution in [0.4, 0.5) is 17.3 Å². The molecule has 1 fully saturated rings. The topological polar surface area (TPSA) is 108 Å². The van der Waals surface area contributed by atoms with Gasteiger partial charge in [-0.1, -0.05) is 6.07 Å². The van der Waals surface area contributed by atoms with Gasteiger partial charge in [-0.3, -0.25) is 9.78 Å². The third-order valence-electron chi connectivity index (χ3n) is 6.16. The highest BCUT2D eigenvalue weighted by molar-refractivity contribution is 5.96. The molecule has 1 amide bonds. The summed E-state index contributed by atoms with van der Waals surface area (Å²) in [5, 5.41) is 9.14. The van der Waals surface area contributed by atoms with Crippen LogP contribution < -0.4 is 10.6 Å². The third-order valence-corrected chi connectivity index (χ3v) is 6.16. The molecule has 1 aliphatic heterocycles. The maximum absolute atomic E-state index is 12.7. The summed E-state index contributed by atoms with van der Waals surface area (Å²) in [7, 11) is 1.69. The van der Waals surface area contributed by atoms with Gasteiger partial charge in [0.15, 0.2) is 0 Å². The fourth-order valence-corrected chi connectivity index (χ4v) is 4.24. The molecule has 158 valence electrons. The van der Waals surface area contributed by atoms with E-state index in [-0.39, 0.29) is 17.9 Å². The summed E-state index contributed by atoms with van der Waals surface area (Å²) in [6, 6.07) is 9.41. The van der Waals surface area contributed by atoms with Crippen LogP contribution >= 0.6 is 0 Å². The molecular weight excluding hydrogens is 392 g/mol. The molecule has 0 saturated heterocycles. The number of carbonyl (C=O) groups excluding carboxylic acids is 1. The summed E-state index contributed by atoms with van der Waals surface area (Å²) >= 11 is 0. The largest absolute Gasteiger partial charge is 0.399 e. The first kappa shape index (κ1) is 19.4. The van der Waals surface area contributed by atoms with Crippen molar-refractivity contribution >= 4 is 23.2 Å². The Morgan fingerprint density at radius 1 is 1.19 bits per heavy atom. The van der Waals surface area contributed by atoms with Crippen LogP contribution in [0, 0.1) is 0 Å². The number of aliphatic hydroxyl groups is 1. The molecule has 0 atom stereocenters. The van der Waals surface area contributed by atoms with Crippen molar-refractivity contribution in [3.8, 4) is 11.3 Å². The number of hydrogen-bond acceptors (Lipinski definition) is 7. The Balaban J connectivity index is 1.48. The van der Waals surface area contributed by atoms with Gasteiger partial charge in [0.25, 0.3) is 5.91 Å². The van der Waals surface area contributed by atoms with Gasteiger partial charge in [-0.15, -0.1) is 0 Å². The van der Waals surface area contributed by atoms with Gasteiger partial charge >= 0.3 is 0 Å². The Labute approximate surface area is 180 Å². The van der Waals surface area contributed by atoms with Crippen LogP contribution in [0.2, 0.25) is 0 Å². The summed E-state index contributed by atoms with van der Waals surface area (Å²) in [6.07, 6.45) is 7.43. The molecule has 3 aromatic rings. The van der Waals surface area contributed by atoms with Crippen molar-refractivity contribution in [3.05, 3.63) is 60.0 Å². The monoisotopic (exact) mass is 416 g/mol. The molecule has 2 aromatic heterocycles. The van der Waals surface area contributed by atoms with Gasteiger partial charge in [0.2, 0.25) is 5.95 Å². The number of nitrogens with two attached hydrogens (primary N) is 1. The molecule has 0 bridgehead atoms. The van der Waals surface area contributed by atoms with Crippen LogP contribution in [0.3, 0.4) is 0 Å². The number of pyridine rings is 1. The molecule has 8 heteroatoms. The number of benzene rings is 1. The van der Waals surface area contributed by atoms with Crippen LogP contribution in [-0.2, 0) is 5.41 Å². The number of hydrogen-bond donors (Lipinski definition) is 2. The van der Waals surface area contributed by atoms with Gasteiger partial charge in [0.1, 0.15) is 0 Å². The van der Waals surface area contributed by atoms with E-state index in [1.165, 1.54) is 10.5 Å². The molecule has 1 aliphatic carbocycles. The summed E-state index contributed by atoms with van der Waals surface area (Å²) in [6.45, 7) is 1.04. The lowest BCUT2D eigenvalue weighted by molar-refractivity contribution is 0.0767. The predicted octanol–water partition coefficient (Wildman–Crippen LogP) is 2.37. The molecule has 1 spiro atoms. The van der Waals surface area contributed by atoms with Gasteiger partial charge in [0.05, 0.1) is 12.3 Å². The predicted molar refractivity (Wildman–Crippen MR) is 118 cm³/mol. The number of likely N-dealkylation sites (N-methyl/N-ethyl adjacent to an activating group) is 1. The summed E-state index contributed by atoms with van der Waals surface area (Å²) in [4.78, 5) is 29.9. The number of aliphatic hydroxyl groups excluding tert-OH is 1. The zero-order valence-corrected chi connectivity index (χ0v) is 17.3. The van der Waals surface area contributed by atoms with Crippen molar-refractivity contribution < 1.29 is 9.90 Å². The SMILES string of the molecule is CN(CCO)C(=O)c1ccc2c(c1)N(c1ncc(-c3cc(N)ccn3)cn1)CC21CC1. The molecule has 3 heterocycles. The first-order valence-corrected chi connectivity index (χ1v) is 10.3. The average molecular weight is 416 g/mol. The molecule has 5 rings (SSSR count). The fourth-order valence-electron chi connectivity index (χ4n) is 4.24. The minimum absolute atomic E-state index is 0.0650. The number of carbonyl (C=O) groups is 1. The van der Waals surface area contributed by atoms with Crippen LogP contribution in [0.1, 0.15) is 28.8 Å². The minimum atomic E-state index is -0.113. The van der Waals surface area contributed by atoms with Crippen molar-refractivity contribution in [1.82, 2.24) is 19.9 Å². The number of rotatable bonds is 5. The maximum Gasteiger partial charge on any atom is 0.253 e. The van der Waals surface area contributed by atoms with E-state index in [4.69, 9.17) is 10.8 Å². The lowest BCUT2D eigenvalue weighted by atomic mass is 9.97. The Morgan fingerprint density at radius 3 is 2.65 bits per heavy atom. The highest BCUT2D eigenvalue weighted by Crippen LogP contribution is 2.57. The highest BCUT2D eigenvalue weighted by Gasteiger charge is 2.52. The molecule has 31 heavy (non-hydrogen) atoms. The second kappa shape index (κ2) is 7.31. The standard InChI is InChI=1S/C23H24N6O2/c1-28(8-9-30)21(31)15-2-3-18-20(10-15)29(14-23(18)5-6-23)22-26-12-16(13-27-22)19-11-17(24)4-7-25-19/h2-4,7,10-13,30H,5-6,8-9,14H2,1H3,(H2,24,25). The summed E-state index contributed by atoms with van der Waals surface area (Å²) in [5.74, 6) is 0.489. The second-order valence-corrected chi connectivity index (χ2v) is 8.29. The van der Waals surface area contributed by atoms with Crippen LogP contribution in [0.25, 0.3) is 11.3 Å². The van der Waals surface area contributed by atoms with Crippen molar-refractivity contribution in [3.63, 3.8) is 0 Å². The van der Waals surface area contributed by atoms with E-state index in [1.54, 1.807) is 37.8 Å². The lowest BCUT2D eigenvalue weighted by Gasteiger charge is -2.19. The van der Waals surface area contributed by atoms with Crippen molar-refractivity contribution in [1.29, 1.82) is 0 Å². The molecule has 0 unspecified atom stereocenters. The first-order chi connectivity index (χ1) is 15.0. The molecule has 1 saturated carbocycles. The van der Waals surface area contributed by atoms with E-state index in [1.807, 2.05) is 12.1 Å². The molecule has 2 aliphatic rings. The molecule has 8 nitrogen and oxygen atoms in total. The Bertz CT molecular complexity index is 1140. The maximum atomic E-state index is 12.7. The van der Waals surface area contributed by atoms with E-state index in [0.717, 1.165) is 36.3 Å². The second-order valence-electron chi connectivity index (χ2n) is 8.29. The Hall–Kier alpha value is -3.52. The van der Waals surface area contributed by atoms with Crippen LogP contribution in [0.15, 0.2) is 48.9 Å². The summed E-state index contributed by atoms with van der Waals surface area (Å²) in [5.41, 5.74) is 11.0. The number of anilines is 3. The first-order valence-electron chi connectivity index (χ1n) is 10.3. The van der Waals surface area contributed by atoms with Crippen molar-refractivity contribution in [2.45, 2.75) is 18.3 Å². The lowest BCUT2D eigenvalue weighted by Crippen LogP contribution is -2.29. The average Bonchev–Trinajstić information content (AvgIpc) is 3.50. The Morgan fingerprint density at radius 2 is 1.97 bits per heavy atom. The van der Waals surface area contributed by atoms with Crippen molar-refractivity contribution in [2.75, 3.05) is 37.4 Å². The van der Waals surface area contributed by atoms with E-state index in [9.17, 15) is 4.79 Å². The third kappa shape index (κ3) is 3.38.